The normalized spacial score (nSPS) is 18.8. The number of benzene rings is 1. The van der Waals surface area contributed by atoms with E-state index in [1.807, 2.05) is 0 Å². The minimum absolute atomic E-state index is 0.0623. The number of rotatable bonds is 7. The first-order valence-corrected chi connectivity index (χ1v) is 10.8. The summed E-state index contributed by atoms with van der Waals surface area (Å²) >= 11 is 7.68. The average Bonchev–Trinajstić information content (AvgIpc) is 3.21. The van der Waals surface area contributed by atoms with Crippen LogP contribution in [-0.4, -0.2) is 48.3 Å². The molecule has 0 aliphatic heterocycles. The summed E-state index contributed by atoms with van der Waals surface area (Å²) in [5.41, 5.74) is -0.439. The van der Waals surface area contributed by atoms with Crippen LogP contribution >= 0.6 is 22.9 Å². The molecule has 1 heterocycles. The predicted octanol–water partition coefficient (Wildman–Crippen LogP) is 3.60. The van der Waals surface area contributed by atoms with Crippen molar-refractivity contribution in [1.29, 1.82) is 0 Å². The van der Waals surface area contributed by atoms with E-state index in [1.54, 1.807) is 36.7 Å². The molecule has 2 aromatic rings. The zero-order valence-corrected chi connectivity index (χ0v) is 18.4. The van der Waals surface area contributed by atoms with Gasteiger partial charge in [-0.25, -0.2) is 9.78 Å². The van der Waals surface area contributed by atoms with Gasteiger partial charge in [0, 0.05) is 36.5 Å². The average molecular weight is 451 g/mol. The van der Waals surface area contributed by atoms with E-state index in [2.05, 4.69) is 4.98 Å². The highest BCUT2D eigenvalue weighted by Gasteiger charge is 2.48. The maximum Gasteiger partial charge on any atom is 0.358 e. The Morgan fingerprint density at radius 3 is 2.77 bits per heavy atom. The quantitative estimate of drug-likeness (QED) is 0.599. The number of carbonyl (C=O) groups is 3. The highest BCUT2D eigenvalue weighted by Crippen LogP contribution is 2.42. The van der Waals surface area contributed by atoms with Gasteiger partial charge in [0.1, 0.15) is 10.5 Å². The van der Waals surface area contributed by atoms with Crippen molar-refractivity contribution in [3.05, 3.63) is 50.9 Å². The molecule has 160 valence electrons. The molecular formula is C21H23ClN2O5S. The molecule has 0 N–H and O–H groups in total. The lowest BCUT2D eigenvalue weighted by atomic mass is 9.74. The Hall–Kier alpha value is -2.29. The summed E-state index contributed by atoms with van der Waals surface area (Å²) < 4.78 is 10.2. The molecule has 1 amide bonds. The minimum atomic E-state index is -1.16. The Morgan fingerprint density at radius 1 is 1.30 bits per heavy atom. The van der Waals surface area contributed by atoms with Crippen LogP contribution in [-0.2, 0) is 31.2 Å². The second kappa shape index (κ2) is 9.68. The van der Waals surface area contributed by atoms with E-state index in [9.17, 15) is 14.4 Å². The second-order valence-electron chi connectivity index (χ2n) is 7.06. The number of esters is 1. The van der Waals surface area contributed by atoms with Crippen LogP contribution in [0, 0.1) is 0 Å². The second-order valence-corrected chi connectivity index (χ2v) is 8.41. The van der Waals surface area contributed by atoms with Gasteiger partial charge in [-0.15, -0.1) is 11.3 Å². The minimum Gasteiger partial charge on any atom is -0.451 e. The van der Waals surface area contributed by atoms with E-state index < -0.39 is 24.0 Å². The van der Waals surface area contributed by atoms with E-state index in [4.69, 9.17) is 21.1 Å². The van der Waals surface area contributed by atoms with E-state index >= 15 is 0 Å². The van der Waals surface area contributed by atoms with Gasteiger partial charge in [-0.2, -0.15) is 0 Å². The Labute approximate surface area is 183 Å². The fourth-order valence-corrected chi connectivity index (χ4v) is 4.76. The van der Waals surface area contributed by atoms with E-state index in [0.29, 0.717) is 35.0 Å². The molecule has 30 heavy (non-hydrogen) atoms. The molecule has 1 unspecified atom stereocenters. The zero-order valence-electron chi connectivity index (χ0n) is 16.9. The van der Waals surface area contributed by atoms with Crippen LogP contribution in [0.2, 0.25) is 5.02 Å². The topological polar surface area (TPSA) is 85.8 Å². The van der Waals surface area contributed by atoms with Gasteiger partial charge in [0.05, 0.1) is 6.61 Å². The number of methoxy groups -OCH3 is 1. The number of aromatic nitrogens is 1. The standard InChI is InChI=1S/C21H23ClN2O5S/c1-24(19(26)12-29-20(27)16-13-30-18(23-16)11-28-2)21(10-6-5-9-17(21)25)14-7-3-4-8-15(14)22/h3-4,7-8,13H,5-6,9-12H2,1-2H3. The molecule has 1 saturated carbocycles. The molecule has 1 aliphatic carbocycles. The van der Waals surface area contributed by atoms with Gasteiger partial charge in [0.15, 0.2) is 18.1 Å². The smallest absolute Gasteiger partial charge is 0.358 e. The van der Waals surface area contributed by atoms with E-state index in [0.717, 1.165) is 12.8 Å². The molecule has 1 aromatic carbocycles. The first kappa shape index (κ1) is 22.4. The number of halogens is 1. The summed E-state index contributed by atoms with van der Waals surface area (Å²) in [5.74, 6) is -1.24. The van der Waals surface area contributed by atoms with Crippen LogP contribution in [0.5, 0.6) is 0 Å². The van der Waals surface area contributed by atoms with Gasteiger partial charge >= 0.3 is 5.97 Å². The van der Waals surface area contributed by atoms with Crippen molar-refractivity contribution in [2.45, 2.75) is 37.8 Å². The Morgan fingerprint density at radius 2 is 2.07 bits per heavy atom. The number of ketones is 1. The van der Waals surface area contributed by atoms with Crippen molar-refractivity contribution >= 4 is 40.6 Å². The largest absolute Gasteiger partial charge is 0.451 e. The number of hydrogen-bond donors (Lipinski definition) is 0. The molecule has 9 heteroatoms. The summed E-state index contributed by atoms with van der Waals surface area (Å²) in [6, 6.07) is 7.05. The molecule has 3 rings (SSSR count). The van der Waals surface area contributed by atoms with Gasteiger partial charge in [-0.3, -0.25) is 9.59 Å². The number of nitrogens with zero attached hydrogens (tertiary/aromatic N) is 2. The summed E-state index contributed by atoms with van der Waals surface area (Å²) in [7, 11) is 3.09. The van der Waals surface area contributed by atoms with Gasteiger partial charge < -0.3 is 14.4 Å². The molecular weight excluding hydrogens is 428 g/mol. The molecule has 0 saturated heterocycles. The lowest BCUT2D eigenvalue weighted by Crippen LogP contribution is -2.55. The fourth-order valence-electron chi connectivity index (χ4n) is 3.73. The third kappa shape index (κ3) is 4.40. The lowest BCUT2D eigenvalue weighted by molar-refractivity contribution is -0.150. The number of ether oxygens (including phenoxy) is 2. The molecule has 1 fully saturated rings. The fraction of sp³-hybridized carbons (Fsp3) is 0.429. The van der Waals surface area contributed by atoms with Crippen molar-refractivity contribution in [2.24, 2.45) is 0 Å². The molecule has 1 aliphatic rings. The molecule has 1 atom stereocenters. The van der Waals surface area contributed by atoms with Crippen LogP contribution in [0.3, 0.4) is 0 Å². The van der Waals surface area contributed by atoms with Crippen LogP contribution in [0.4, 0.5) is 0 Å². The summed E-state index contributed by atoms with van der Waals surface area (Å²) in [6.07, 6.45) is 2.40. The van der Waals surface area contributed by atoms with Crippen LogP contribution in [0.15, 0.2) is 29.6 Å². The van der Waals surface area contributed by atoms with Gasteiger partial charge in [-0.05, 0) is 25.3 Å². The Balaban J connectivity index is 1.77. The van der Waals surface area contributed by atoms with Crippen LogP contribution in [0.25, 0.3) is 0 Å². The van der Waals surface area contributed by atoms with Gasteiger partial charge in [0.25, 0.3) is 5.91 Å². The van der Waals surface area contributed by atoms with Crippen molar-refractivity contribution in [2.75, 3.05) is 20.8 Å². The highest BCUT2D eigenvalue weighted by atomic mass is 35.5. The van der Waals surface area contributed by atoms with Crippen molar-refractivity contribution < 1.29 is 23.9 Å². The number of likely N-dealkylation sites (N-methyl/N-ethyl adjacent to an activating group) is 1. The van der Waals surface area contributed by atoms with Gasteiger partial charge in [-0.1, -0.05) is 29.8 Å². The van der Waals surface area contributed by atoms with E-state index in [1.165, 1.54) is 23.3 Å². The summed E-state index contributed by atoms with van der Waals surface area (Å²) in [6.45, 7) is -0.200. The maximum atomic E-state index is 13.1. The first-order chi connectivity index (χ1) is 14.4. The number of hydrogen-bond acceptors (Lipinski definition) is 7. The Bertz CT molecular complexity index is 947. The van der Waals surface area contributed by atoms with Gasteiger partial charge in [0.2, 0.25) is 0 Å². The summed E-state index contributed by atoms with van der Waals surface area (Å²) in [5, 5.41) is 2.62. The molecule has 0 radical (unpaired) electrons. The third-order valence-electron chi connectivity index (χ3n) is 5.28. The van der Waals surface area contributed by atoms with Crippen LogP contribution < -0.4 is 0 Å². The predicted molar refractivity (Wildman–Crippen MR) is 112 cm³/mol. The highest BCUT2D eigenvalue weighted by molar-refractivity contribution is 7.09. The van der Waals surface area contributed by atoms with Crippen molar-refractivity contribution in [1.82, 2.24) is 9.88 Å². The molecule has 0 spiro atoms. The Kier molecular flexibility index (Phi) is 7.23. The third-order valence-corrected chi connectivity index (χ3v) is 6.43. The lowest BCUT2D eigenvalue weighted by Gasteiger charge is -2.43. The zero-order chi connectivity index (χ0) is 21.7. The van der Waals surface area contributed by atoms with Crippen LogP contribution in [0.1, 0.15) is 46.7 Å². The SMILES string of the molecule is COCc1nc(C(=O)OCC(=O)N(C)C2(c3ccccc3Cl)CCCCC2=O)cs1. The number of carbonyl (C=O) groups excluding carboxylic acids is 3. The molecule has 0 bridgehead atoms. The van der Waals surface area contributed by atoms with E-state index in [-0.39, 0.29) is 11.5 Å². The number of Topliss-reactive ketones (excluding diaryl/α,β-unsaturated/α-hetero) is 1. The summed E-state index contributed by atoms with van der Waals surface area (Å²) in [4.78, 5) is 43.7. The molecule has 7 nitrogen and oxygen atoms in total. The first-order valence-electron chi connectivity index (χ1n) is 9.55. The number of amides is 1. The monoisotopic (exact) mass is 450 g/mol. The number of thiazole rings is 1. The maximum absolute atomic E-state index is 13.1. The van der Waals surface area contributed by atoms with Crippen molar-refractivity contribution in [3.63, 3.8) is 0 Å². The molecule has 1 aromatic heterocycles. The van der Waals surface area contributed by atoms with Crippen molar-refractivity contribution in [3.8, 4) is 0 Å².